The first kappa shape index (κ1) is 11.8. The molecule has 2 aliphatic carbocycles. The third-order valence-corrected chi connectivity index (χ3v) is 4.20. The SMILES string of the molecule is O=C(O)c1cnn(C2CCCCCC2)c1C1CC1. The zero-order valence-electron chi connectivity index (χ0n) is 10.6. The fourth-order valence-electron chi connectivity index (χ4n) is 3.09. The third-order valence-electron chi connectivity index (χ3n) is 4.20. The molecule has 0 bridgehead atoms. The van der Waals surface area contributed by atoms with Gasteiger partial charge in [-0.3, -0.25) is 4.68 Å². The van der Waals surface area contributed by atoms with E-state index in [1.165, 1.54) is 25.7 Å². The minimum absolute atomic E-state index is 0.427. The Labute approximate surface area is 107 Å². The van der Waals surface area contributed by atoms with Crippen LogP contribution in [-0.2, 0) is 0 Å². The highest BCUT2D eigenvalue weighted by Gasteiger charge is 2.34. The Hall–Kier alpha value is -1.32. The number of carbonyl (C=O) groups is 1. The van der Waals surface area contributed by atoms with Crippen molar-refractivity contribution in [1.82, 2.24) is 9.78 Å². The van der Waals surface area contributed by atoms with E-state index in [1.807, 2.05) is 4.68 Å². The van der Waals surface area contributed by atoms with Crippen LogP contribution in [0.25, 0.3) is 0 Å². The van der Waals surface area contributed by atoms with E-state index >= 15 is 0 Å². The van der Waals surface area contributed by atoms with Crippen LogP contribution in [0.15, 0.2) is 6.20 Å². The largest absolute Gasteiger partial charge is 0.478 e. The Balaban J connectivity index is 1.92. The summed E-state index contributed by atoms with van der Waals surface area (Å²) in [6.45, 7) is 0. The molecule has 0 aliphatic heterocycles. The normalized spacial score (nSPS) is 21.8. The predicted octanol–water partition coefficient (Wildman–Crippen LogP) is 3.35. The maximum atomic E-state index is 11.3. The van der Waals surface area contributed by atoms with Crippen LogP contribution in [0.2, 0.25) is 0 Å². The standard InChI is InChI=1S/C14H20N2O2/c17-14(18)12-9-15-16(13(12)10-7-8-10)11-5-3-1-2-4-6-11/h9-11H,1-8H2,(H,17,18). The van der Waals surface area contributed by atoms with Crippen LogP contribution in [0.4, 0.5) is 0 Å². The summed E-state index contributed by atoms with van der Waals surface area (Å²) in [6.07, 6.45) is 11.2. The quantitative estimate of drug-likeness (QED) is 0.834. The molecule has 1 heterocycles. The number of carboxylic acids is 1. The van der Waals surface area contributed by atoms with Crippen molar-refractivity contribution in [2.24, 2.45) is 0 Å². The summed E-state index contributed by atoms with van der Waals surface area (Å²) < 4.78 is 2.05. The van der Waals surface area contributed by atoms with E-state index in [-0.39, 0.29) is 0 Å². The molecule has 0 radical (unpaired) electrons. The van der Waals surface area contributed by atoms with Crippen LogP contribution < -0.4 is 0 Å². The van der Waals surface area contributed by atoms with Gasteiger partial charge in [0.05, 0.1) is 17.9 Å². The maximum Gasteiger partial charge on any atom is 0.339 e. The summed E-state index contributed by atoms with van der Waals surface area (Å²) in [6, 6.07) is 0.427. The number of carboxylic acid groups (broad SMARTS) is 1. The molecule has 1 N–H and O–H groups in total. The molecule has 2 aliphatic rings. The van der Waals surface area contributed by atoms with Crippen molar-refractivity contribution in [2.75, 3.05) is 0 Å². The number of aromatic nitrogens is 2. The molecule has 2 saturated carbocycles. The van der Waals surface area contributed by atoms with Gasteiger partial charge in [-0.25, -0.2) is 4.79 Å². The zero-order chi connectivity index (χ0) is 12.5. The third kappa shape index (κ3) is 2.16. The first-order valence-electron chi connectivity index (χ1n) is 7.08. The highest BCUT2D eigenvalue weighted by Crippen LogP contribution is 2.43. The molecule has 0 saturated heterocycles. The second-order valence-corrected chi connectivity index (χ2v) is 5.61. The van der Waals surface area contributed by atoms with Gasteiger partial charge in [0, 0.05) is 5.92 Å². The molecule has 18 heavy (non-hydrogen) atoms. The minimum Gasteiger partial charge on any atom is -0.478 e. The van der Waals surface area contributed by atoms with Crippen LogP contribution in [0.3, 0.4) is 0 Å². The first-order valence-corrected chi connectivity index (χ1v) is 7.08. The highest BCUT2D eigenvalue weighted by molar-refractivity contribution is 5.89. The molecule has 1 aromatic rings. The summed E-state index contributed by atoms with van der Waals surface area (Å²) >= 11 is 0. The van der Waals surface area contributed by atoms with Crippen LogP contribution >= 0.6 is 0 Å². The summed E-state index contributed by atoms with van der Waals surface area (Å²) in [5.74, 6) is -0.376. The molecule has 0 unspecified atom stereocenters. The van der Waals surface area contributed by atoms with Crippen molar-refractivity contribution < 1.29 is 9.90 Å². The minimum atomic E-state index is -0.822. The van der Waals surface area contributed by atoms with Crippen molar-refractivity contribution in [3.05, 3.63) is 17.5 Å². The molecule has 1 aromatic heterocycles. The molecule has 4 nitrogen and oxygen atoms in total. The lowest BCUT2D eigenvalue weighted by atomic mass is 10.1. The smallest absolute Gasteiger partial charge is 0.339 e. The molecule has 4 heteroatoms. The highest BCUT2D eigenvalue weighted by atomic mass is 16.4. The molecule has 0 amide bonds. The van der Waals surface area contributed by atoms with Crippen molar-refractivity contribution in [2.45, 2.75) is 63.3 Å². The fraction of sp³-hybridized carbons (Fsp3) is 0.714. The topological polar surface area (TPSA) is 55.1 Å². The molecule has 2 fully saturated rings. The van der Waals surface area contributed by atoms with Gasteiger partial charge in [0.25, 0.3) is 0 Å². The average Bonchev–Trinajstić information content (AvgIpc) is 3.14. The lowest BCUT2D eigenvalue weighted by Gasteiger charge is -2.18. The van der Waals surface area contributed by atoms with E-state index in [1.54, 1.807) is 6.20 Å². The maximum absolute atomic E-state index is 11.3. The Bertz CT molecular complexity index is 441. The molecular weight excluding hydrogens is 228 g/mol. The Morgan fingerprint density at radius 3 is 2.39 bits per heavy atom. The molecule has 0 atom stereocenters. The molecule has 0 spiro atoms. The van der Waals surface area contributed by atoms with Crippen LogP contribution in [0, 0.1) is 0 Å². The van der Waals surface area contributed by atoms with E-state index in [4.69, 9.17) is 0 Å². The van der Waals surface area contributed by atoms with Crippen molar-refractivity contribution in [3.63, 3.8) is 0 Å². The first-order chi connectivity index (χ1) is 8.77. The Morgan fingerprint density at radius 2 is 1.83 bits per heavy atom. The number of nitrogens with zero attached hydrogens (tertiary/aromatic N) is 2. The molecule has 98 valence electrons. The summed E-state index contributed by atoms with van der Waals surface area (Å²) in [5.41, 5.74) is 1.43. The van der Waals surface area contributed by atoms with Crippen LogP contribution in [0.1, 0.15) is 79.4 Å². The van der Waals surface area contributed by atoms with Gasteiger partial charge in [-0.15, -0.1) is 0 Å². The van der Waals surface area contributed by atoms with Crippen LogP contribution in [0.5, 0.6) is 0 Å². The lowest BCUT2D eigenvalue weighted by molar-refractivity contribution is 0.0695. The zero-order valence-corrected chi connectivity index (χ0v) is 10.6. The summed E-state index contributed by atoms with van der Waals surface area (Å²) in [7, 11) is 0. The van der Waals surface area contributed by atoms with Gasteiger partial charge in [0.1, 0.15) is 5.56 Å². The van der Waals surface area contributed by atoms with Gasteiger partial charge in [0.2, 0.25) is 0 Å². The van der Waals surface area contributed by atoms with Gasteiger partial charge in [-0.1, -0.05) is 25.7 Å². The van der Waals surface area contributed by atoms with E-state index < -0.39 is 5.97 Å². The van der Waals surface area contributed by atoms with Gasteiger partial charge in [-0.2, -0.15) is 5.10 Å². The van der Waals surface area contributed by atoms with E-state index in [0.29, 0.717) is 17.5 Å². The monoisotopic (exact) mass is 248 g/mol. The van der Waals surface area contributed by atoms with Gasteiger partial charge in [-0.05, 0) is 25.7 Å². The van der Waals surface area contributed by atoms with E-state index in [2.05, 4.69) is 5.10 Å². The van der Waals surface area contributed by atoms with E-state index in [0.717, 1.165) is 31.4 Å². The Morgan fingerprint density at radius 1 is 1.17 bits per heavy atom. The molecule has 3 rings (SSSR count). The second-order valence-electron chi connectivity index (χ2n) is 5.61. The second kappa shape index (κ2) is 4.75. The number of rotatable bonds is 3. The predicted molar refractivity (Wildman–Crippen MR) is 67.9 cm³/mol. The van der Waals surface area contributed by atoms with Crippen molar-refractivity contribution in [1.29, 1.82) is 0 Å². The summed E-state index contributed by atoms with van der Waals surface area (Å²) in [5, 5.41) is 13.7. The lowest BCUT2D eigenvalue weighted by Crippen LogP contribution is -2.14. The average molecular weight is 248 g/mol. The van der Waals surface area contributed by atoms with Crippen molar-refractivity contribution in [3.8, 4) is 0 Å². The van der Waals surface area contributed by atoms with Gasteiger partial charge < -0.3 is 5.11 Å². The van der Waals surface area contributed by atoms with Gasteiger partial charge >= 0.3 is 5.97 Å². The van der Waals surface area contributed by atoms with E-state index in [9.17, 15) is 9.90 Å². The van der Waals surface area contributed by atoms with Gasteiger partial charge in [0.15, 0.2) is 0 Å². The number of hydrogen-bond donors (Lipinski definition) is 1. The molecular formula is C14H20N2O2. The van der Waals surface area contributed by atoms with Crippen molar-refractivity contribution >= 4 is 5.97 Å². The summed E-state index contributed by atoms with van der Waals surface area (Å²) in [4.78, 5) is 11.3. The number of hydrogen-bond acceptors (Lipinski definition) is 2. The molecule has 0 aromatic carbocycles. The van der Waals surface area contributed by atoms with Crippen LogP contribution in [-0.4, -0.2) is 20.9 Å². The fourth-order valence-corrected chi connectivity index (χ4v) is 3.09. The Kier molecular flexibility index (Phi) is 3.10. The number of aromatic carboxylic acids is 1.